The van der Waals surface area contributed by atoms with Crippen LogP contribution in [0, 0.1) is 0 Å². The Hall–Kier alpha value is -3.44. The number of fused-ring (bicyclic) bond motifs is 1. The number of ether oxygens (including phenoxy) is 1. The van der Waals surface area contributed by atoms with Crippen molar-refractivity contribution in [1.82, 2.24) is 15.3 Å². The molecule has 3 heterocycles. The lowest BCUT2D eigenvalue weighted by molar-refractivity contribution is -0.138. The maximum absolute atomic E-state index is 13.0. The Kier molecular flexibility index (Phi) is 12.8. The van der Waals surface area contributed by atoms with Crippen molar-refractivity contribution in [2.24, 2.45) is 0 Å². The number of carbonyl (C=O) groups excluding carboxylic acids is 2. The minimum Gasteiger partial charge on any atom is -0.462 e. The summed E-state index contributed by atoms with van der Waals surface area (Å²) in [5, 5.41) is 8.07. The highest BCUT2D eigenvalue weighted by Gasteiger charge is 2.21. The SMILES string of the molecule is CC(C)(C)OC=O.CNCC(C(=O)Nc1cc(Br)c(-c2ccnc3[nH]ccc23)s1)c1ccccc1.Sc1ccccc1. The van der Waals surface area contributed by atoms with Gasteiger partial charge >= 0.3 is 0 Å². The van der Waals surface area contributed by atoms with Crippen LogP contribution in [0.1, 0.15) is 32.3 Å². The molecule has 3 aromatic heterocycles. The molecule has 220 valence electrons. The van der Waals surface area contributed by atoms with Crippen molar-refractivity contribution in [2.75, 3.05) is 18.9 Å². The number of aromatic nitrogens is 2. The maximum atomic E-state index is 13.0. The monoisotopic (exact) mass is 666 g/mol. The van der Waals surface area contributed by atoms with Crippen LogP contribution in [0.25, 0.3) is 21.5 Å². The molecule has 0 aliphatic rings. The van der Waals surface area contributed by atoms with Gasteiger partial charge in [0.15, 0.2) is 0 Å². The zero-order valence-corrected chi connectivity index (χ0v) is 27.2. The van der Waals surface area contributed by atoms with Crippen LogP contribution in [0.5, 0.6) is 0 Å². The summed E-state index contributed by atoms with van der Waals surface area (Å²) in [6.45, 7) is 6.49. The van der Waals surface area contributed by atoms with E-state index in [1.54, 1.807) is 17.5 Å². The van der Waals surface area contributed by atoms with E-state index < -0.39 is 0 Å². The number of halogens is 1. The van der Waals surface area contributed by atoms with E-state index in [0.29, 0.717) is 13.0 Å². The summed E-state index contributed by atoms with van der Waals surface area (Å²) in [5.74, 6) is -0.282. The highest BCUT2D eigenvalue weighted by Crippen LogP contribution is 2.41. The van der Waals surface area contributed by atoms with Crippen LogP contribution >= 0.6 is 39.9 Å². The van der Waals surface area contributed by atoms with Crippen molar-refractivity contribution in [3.05, 3.63) is 101 Å². The molecular formula is C32H35BrN4O3S2. The first-order chi connectivity index (χ1) is 20.1. The first-order valence-electron chi connectivity index (χ1n) is 13.2. The van der Waals surface area contributed by atoms with Gasteiger partial charge in [0.25, 0.3) is 6.47 Å². The van der Waals surface area contributed by atoms with E-state index in [1.165, 1.54) is 0 Å². The van der Waals surface area contributed by atoms with E-state index in [4.69, 9.17) is 0 Å². The summed E-state index contributed by atoms with van der Waals surface area (Å²) in [7, 11) is 1.86. The van der Waals surface area contributed by atoms with E-state index in [2.05, 4.69) is 53.9 Å². The number of H-pyrrole nitrogens is 1. The predicted octanol–water partition coefficient (Wildman–Crippen LogP) is 7.93. The fraction of sp³-hybridized carbons (Fsp3) is 0.219. The van der Waals surface area contributed by atoms with Gasteiger partial charge in [-0.25, -0.2) is 4.98 Å². The normalized spacial score (nSPS) is 11.4. The lowest BCUT2D eigenvalue weighted by Gasteiger charge is -2.16. The minimum absolute atomic E-state index is 0.0256. The van der Waals surface area contributed by atoms with E-state index >= 15 is 0 Å². The summed E-state index contributed by atoms with van der Waals surface area (Å²) in [4.78, 5) is 32.1. The molecule has 5 aromatic rings. The molecule has 3 N–H and O–H groups in total. The molecule has 0 spiro atoms. The fourth-order valence-corrected chi connectivity index (χ4v) is 5.81. The molecule has 0 saturated heterocycles. The number of nitrogens with zero attached hydrogens (tertiary/aromatic N) is 1. The molecule has 0 radical (unpaired) electrons. The van der Waals surface area contributed by atoms with Gasteiger partial charge < -0.3 is 20.4 Å². The molecule has 0 saturated carbocycles. The number of thiophene rings is 1. The number of pyridine rings is 1. The molecule has 1 atom stereocenters. The third-order valence-corrected chi connectivity index (χ3v) is 7.99. The van der Waals surface area contributed by atoms with Gasteiger partial charge in [-0.2, -0.15) is 0 Å². The highest BCUT2D eigenvalue weighted by molar-refractivity contribution is 9.10. The standard InChI is InChI=1S/C21H19BrN4OS.C6H6S.C5H10O2/c1-23-12-16(13-5-3-2-4-6-13)21(27)26-18-11-17(22)19(28-18)14-7-9-24-20-15(14)8-10-25-20;7-6-4-2-1-3-5-6;1-5(2,3)7-4-6/h2-11,16,23H,12H2,1H3,(H,24,25)(H,26,27);1-5,7H;4H,1-3H3. The Morgan fingerprint density at radius 2 is 1.76 bits per heavy atom. The quantitative estimate of drug-likeness (QED) is 0.105. The van der Waals surface area contributed by atoms with E-state index in [0.717, 1.165) is 41.4 Å². The summed E-state index contributed by atoms with van der Waals surface area (Å²) < 4.78 is 5.50. The Balaban J connectivity index is 0.000000284. The van der Waals surface area contributed by atoms with Gasteiger partial charge in [-0.05, 0) is 79.6 Å². The zero-order valence-electron chi connectivity index (χ0n) is 23.9. The molecule has 2 aromatic carbocycles. The number of rotatable bonds is 7. The number of nitrogens with one attached hydrogen (secondary N) is 3. The molecule has 5 rings (SSSR count). The second kappa shape index (κ2) is 16.3. The van der Waals surface area contributed by atoms with Crippen LogP contribution in [0.2, 0.25) is 0 Å². The van der Waals surface area contributed by atoms with Crippen molar-refractivity contribution < 1.29 is 14.3 Å². The largest absolute Gasteiger partial charge is 0.462 e. The van der Waals surface area contributed by atoms with Crippen molar-refractivity contribution in [3.63, 3.8) is 0 Å². The molecule has 0 aliphatic carbocycles. The second-order valence-corrected chi connectivity index (χ2v) is 12.5. The van der Waals surface area contributed by atoms with Crippen LogP contribution in [0.4, 0.5) is 5.00 Å². The number of likely N-dealkylation sites (N-methyl/N-ethyl adjacent to an activating group) is 1. The Labute approximate surface area is 264 Å². The van der Waals surface area contributed by atoms with Crippen molar-refractivity contribution >= 4 is 68.3 Å². The molecule has 1 amide bonds. The number of benzene rings is 2. The van der Waals surface area contributed by atoms with Crippen LogP contribution in [-0.4, -0.2) is 41.5 Å². The van der Waals surface area contributed by atoms with Gasteiger partial charge in [-0.1, -0.05) is 48.5 Å². The smallest absolute Gasteiger partial charge is 0.293 e. The van der Waals surface area contributed by atoms with Crippen molar-refractivity contribution in [1.29, 1.82) is 0 Å². The lowest BCUT2D eigenvalue weighted by Crippen LogP contribution is -2.28. The van der Waals surface area contributed by atoms with Crippen LogP contribution in [-0.2, 0) is 14.3 Å². The van der Waals surface area contributed by atoms with Crippen LogP contribution in [0.3, 0.4) is 0 Å². The van der Waals surface area contributed by atoms with Gasteiger partial charge in [0.2, 0.25) is 5.91 Å². The van der Waals surface area contributed by atoms with Gasteiger partial charge in [0.05, 0.1) is 15.8 Å². The number of thiol groups is 1. The number of hydrogen-bond acceptors (Lipinski definition) is 7. The van der Waals surface area contributed by atoms with E-state index in [-0.39, 0.29) is 17.4 Å². The molecule has 0 aliphatic heterocycles. The minimum atomic E-state index is -0.318. The Morgan fingerprint density at radius 1 is 1.10 bits per heavy atom. The van der Waals surface area contributed by atoms with Crippen molar-refractivity contribution in [3.8, 4) is 10.4 Å². The first kappa shape index (κ1) is 33.1. The fourth-order valence-electron chi connectivity index (χ4n) is 3.81. The van der Waals surface area contributed by atoms with Gasteiger partial charge in [-0.15, -0.1) is 24.0 Å². The molecule has 7 nitrogen and oxygen atoms in total. The molecule has 42 heavy (non-hydrogen) atoms. The van der Waals surface area contributed by atoms with Gasteiger partial charge in [0.1, 0.15) is 11.2 Å². The molecule has 10 heteroatoms. The Morgan fingerprint density at radius 3 is 2.31 bits per heavy atom. The number of anilines is 1. The van der Waals surface area contributed by atoms with Gasteiger partial charge in [0, 0.05) is 39.3 Å². The lowest BCUT2D eigenvalue weighted by atomic mass is 9.98. The molecular weight excluding hydrogens is 632 g/mol. The highest BCUT2D eigenvalue weighted by atomic mass is 79.9. The summed E-state index contributed by atoms with van der Waals surface area (Å²) in [6, 6.07) is 25.6. The average molecular weight is 668 g/mol. The van der Waals surface area contributed by atoms with Crippen LogP contribution < -0.4 is 10.6 Å². The third kappa shape index (κ3) is 10.1. The van der Waals surface area contributed by atoms with Crippen molar-refractivity contribution in [2.45, 2.75) is 37.2 Å². The summed E-state index contributed by atoms with van der Waals surface area (Å²) in [6.07, 6.45) is 3.67. The average Bonchev–Trinajstić information content (AvgIpc) is 3.59. The number of aromatic amines is 1. The van der Waals surface area contributed by atoms with E-state index in [9.17, 15) is 9.59 Å². The third-order valence-electron chi connectivity index (χ3n) is 5.72. The topological polar surface area (TPSA) is 96.1 Å². The summed E-state index contributed by atoms with van der Waals surface area (Å²) in [5.41, 5.74) is 2.61. The van der Waals surface area contributed by atoms with Gasteiger partial charge in [-0.3, -0.25) is 9.59 Å². The molecule has 0 fully saturated rings. The first-order valence-corrected chi connectivity index (χ1v) is 15.3. The number of hydrogen-bond donors (Lipinski definition) is 4. The van der Waals surface area contributed by atoms with E-state index in [1.807, 2.05) is 113 Å². The number of amides is 1. The maximum Gasteiger partial charge on any atom is 0.293 e. The number of carbonyl (C=O) groups is 2. The molecule has 0 bridgehead atoms. The predicted molar refractivity (Wildman–Crippen MR) is 179 cm³/mol. The van der Waals surface area contributed by atoms with Crippen LogP contribution in [0.15, 0.2) is 101 Å². The summed E-state index contributed by atoms with van der Waals surface area (Å²) >= 11 is 9.28. The Bertz CT molecular complexity index is 1550. The second-order valence-electron chi connectivity index (χ2n) is 10.1. The molecule has 1 unspecified atom stereocenters. The zero-order chi connectivity index (χ0) is 30.5.